The van der Waals surface area contributed by atoms with Crippen molar-refractivity contribution >= 4 is 16.8 Å². The van der Waals surface area contributed by atoms with E-state index in [-0.39, 0.29) is 17.4 Å². The molecule has 2 nitrogen and oxygen atoms in total. The van der Waals surface area contributed by atoms with E-state index in [1.54, 1.807) is 0 Å². The van der Waals surface area contributed by atoms with Crippen molar-refractivity contribution in [3.8, 4) is 5.75 Å². The van der Waals surface area contributed by atoms with Crippen LogP contribution in [0.2, 0.25) is 0 Å². The molecule has 19 heavy (non-hydrogen) atoms. The van der Waals surface area contributed by atoms with Crippen LogP contribution in [0.5, 0.6) is 5.75 Å². The van der Waals surface area contributed by atoms with Gasteiger partial charge in [0.15, 0.2) is 11.6 Å². The van der Waals surface area contributed by atoms with Crippen molar-refractivity contribution in [1.82, 2.24) is 0 Å². The summed E-state index contributed by atoms with van der Waals surface area (Å²) >= 11 is 5.29. The highest BCUT2D eigenvalue weighted by Gasteiger charge is 2.11. The van der Waals surface area contributed by atoms with Crippen molar-refractivity contribution in [3.63, 3.8) is 0 Å². The highest BCUT2D eigenvalue weighted by atomic mass is 35.5. The molecule has 0 fully saturated rings. The summed E-state index contributed by atoms with van der Waals surface area (Å²) in [5.74, 6) is -0.378. The Labute approximate surface area is 118 Å². The highest BCUT2D eigenvalue weighted by Crippen LogP contribution is 2.21. The zero-order valence-electron chi connectivity index (χ0n) is 11.4. The van der Waals surface area contributed by atoms with Gasteiger partial charge in [-0.05, 0) is 49.6 Å². The molecule has 0 amide bonds. The molecule has 1 aromatic rings. The molecule has 0 N–H and O–H groups in total. The van der Waals surface area contributed by atoms with Crippen LogP contribution >= 0.6 is 11.6 Å². The Morgan fingerprint density at radius 3 is 2.68 bits per heavy atom. The average molecular weight is 287 g/mol. The third-order valence-electron chi connectivity index (χ3n) is 2.95. The van der Waals surface area contributed by atoms with E-state index >= 15 is 0 Å². The van der Waals surface area contributed by atoms with E-state index in [0.717, 1.165) is 18.9 Å². The first kappa shape index (κ1) is 16.0. The van der Waals surface area contributed by atoms with Gasteiger partial charge in [-0.1, -0.05) is 26.2 Å². The third-order valence-corrected chi connectivity index (χ3v) is 3.17. The van der Waals surface area contributed by atoms with Gasteiger partial charge in [-0.2, -0.15) is 0 Å². The van der Waals surface area contributed by atoms with Crippen LogP contribution < -0.4 is 4.74 Å². The number of halogens is 2. The molecule has 0 radical (unpaired) electrons. The third kappa shape index (κ3) is 5.60. The van der Waals surface area contributed by atoms with E-state index in [9.17, 15) is 9.18 Å². The molecule has 0 unspecified atom stereocenters. The number of ether oxygens (including phenoxy) is 1. The maximum atomic E-state index is 13.7. The molecule has 0 spiro atoms. The summed E-state index contributed by atoms with van der Waals surface area (Å²) in [5, 5.41) is -0.668. The molecule has 4 heteroatoms. The van der Waals surface area contributed by atoms with E-state index < -0.39 is 11.1 Å². The topological polar surface area (TPSA) is 26.3 Å². The summed E-state index contributed by atoms with van der Waals surface area (Å²) in [7, 11) is 0. The van der Waals surface area contributed by atoms with Gasteiger partial charge in [0.1, 0.15) is 0 Å². The van der Waals surface area contributed by atoms with Gasteiger partial charge in [-0.15, -0.1) is 0 Å². The monoisotopic (exact) mass is 286 g/mol. The van der Waals surface area contributed by atoms with Crippen LogP contribution in [0.1, 0.15) is 56.3 Å². The predicted molar refractivity (Wildman–Crippen MR) is 75.4 cm³/mol. The van der Waals surface area contributed by atoms with E-state index in [4.69, 9.17) is 16.3 Å². The van der Waals surface area contributed by atoms with Gasteiger partial charge in [-0.25, -0.2) is 4.39 Å². The summed E-state index contributed by atoms with van der Waals surface area (Å²) < 4.78 is 19.2. The lowest BCUT2D eigenvalue weighted by molar-refractivity contribution is 0.108. The predicted octanol–water partition coefficient (Wildman–Crippen LogP) is 4.94. The van der Waals surface area contributed by atoms with Crippen molar-refractivity contribution in [2.75, 3.05) is 0 Å². The lowest BCUT2D eigenvalue weighted by Crippen LogP contribution is -2.12. The first-order chi connectivity index (χ1) is 9.04. The molecule has 0 aliphatic heterocycles. The number of carbonyl (C=O) groups excluding carboxylic acids is 1. The van der Waals surface area contributed by atoms with E-state index in [0.29, 0.717) is 0 Å². The van der Waals surface area contributed by atoms with E-state index in [1.807, 2.05) is 6.92 Å². The smallest absolute Gasteiger partial charge is 0.252 e. The van der Waals surface area contributed by atoms with Crippen LogP contribution in [0.3, 0.4) is 0 Å². The second kappa shape index (κ2) is 8.16. The normalized spacial score (nSPS) is 12.2. The summed E-state index contributed by atoms with van der Waals surface area (Å²) in [6.07, 6.45) is 5.52. The van der Waals surface area contributed by atoms with Crippen LogP contribution in [0, 0.1) is 5.82 Å². The molecule has 0 saturated carbocycles. The summed E-state index contributed by atoms with van der Waals surface area (Å²) in [5.41, 5.74) is 0.141. The minimum absolute atomic E-state index is 0.0380. The molecule has 0 aliphatic rings. The molecule has 106 valence electrons. The maximum absolute atomic E-state index is 13.7. The fourth-order valence-corrected chi connectivity index (χ4v) is 1.97. The second-order valence-corrected chi connectivity index (χ2v) is 5.04. The van der Waals surface area contributed by atoms with Crippen molar-refractivity contribution in [1.29, 1.82) is 0 Å². The van der Waals surface area contributed by atoms with Crippen LogP contribution in [0.4, 0.5) is 4.39 Å². The zero-order chi connectivity index (χ0) is 14.3. The zero-order valence-corrected chi connectivity index (χ0v) is 12.2. The molecular formula is C15H20ClFO2. The maximum Gasteiger partial charge on any atom is 0.252 e. The summed E-state index contributed by atoms with van der Waals surface area (Å²) in [6, 6.07) is 4.03. The number of unbranched alkanes of at least 4 members (excludes halogenated alkanes) is 3. The minimum Gasteiger partial charge on any atom is -0.488 e. The van der Waals surface area contributed by atoms with E-state index in [1.165, 1.54) is 31.4 Å². The highest BCUT2D eigenvalue weighted by molar-refractivity contribution is 6.67. The Balaban J connectivity index is 2.50. The largest absolute Gasteiger partial charge is 0.488 e. The number of carbonyl (C=O) groups is 1. The fraction of sp³-hybridized carbons (Fsp3) is 0.533. The Morgan fingerprint density at radius 1 is 1.37 bits per heavy atom. The Morgan fingerprint density at radius 2 is 2.11 bits per heavy atom. The molecule has 0 bridgehead atoms. The molecule has 0 heterocycles. The quantitative estimate of drug-likeness (QED) is 0.500. The van der Waals surface area contributed by atoms with Gasteiger partial charge < -0.3 is 4.74 Å². The Hall–Kier alpha value is -1.09. The molecule has 1 atom stereocenters. The van der Waals surface area contributed by atoms with Gasteiger partial charge in [0.2, 0.25) is 0 Å². The van der Waals surface area contributed by atoms with Crippen LogP contribution in [0.15, 0.2) is 18.2 Å². The van der Waals surface area contributed by atoms with E-state index in [2.05, 4.69) is 6.92 Å². The molecular weight excluding hydrogens is 267 g/mol. The summed E-state index contributed by atoms with van der Waals surface area (Å²) in [6.45, 7) is 4.08. The summed E-state index contributed by atoms with van der Waals surface area (Å²) in [4.78, 5) is 10.9. The Bertz CT molecular complexity index is 421. The number of rotatable bonds is 8. The number of hydrogen-bond donors (Lipinski definition) is 0. The lowest BCUT2D eigenvalue weighted by atomic mass is 10.1. The van der Waals surface area contributed by atoms with Crippen molar-refractivity contribution in [2.45, 2.75) is 52.1 Å². The lowest BCUT2D eigenvalue weighted by Gasteiger charge is -2.15. The van der Waals surface area contributed by atoms with Crippen LogP contribution in [-0.2, 0) is 0 Å². The van der Waals surface area contributed by atoms with Gasteiger partial charge in [0, 0.05) is 5.56 Å². The van der Waals surface area contributed by atoms with Gasteiger partial charge in [0.25, 0.3) is 5.24 Å². The number of hydrogen-bond acceptors (Lipinski definition) is 2. The standard InChI is InChI=1S/C15H20ClFO2/c1-3-4-5-6-7-11(2)19-14-9-8-12(15(16)18)10-13(14)17/h8-11H,3-7H2,1-2H3/t11-/m1/s1. The molecule has 0 aliphatic carbocycles. The molecule has 0 aromatic heterocycles. The van der Waals surface area contributed by atoms with Crippen LogP contribution in [-0.4, -0.2) is 11.3 Å². The molecule has 1 aromatic carbocycles. The number of benzene rings is 1. The van der Waals surface area contributed by atoms with Crippen molar-refractivity contribution in [3.05, 3.63) is 29.6 Å². The first-order valence-corrected chi connectivity index (χ1v) is 7.08. The van der Waals surface area contributed by atoms with Crippen LogP contribution in [0.25, 0.3) is 0 Å². The minimum atomic E-state index is -0.668. The Kier molecular flexibility index (Phi) is 6.85. The van der Waals surface area contributed by atoms with Gasteiger partial charge >= 0.3 is 0 Å². The van der Waals surface area contributed by atoms with Gasteiger partial charge in [0.05, 0.1) is 6.10 Å². The fourth-order valence-electron chi connectivity index (χ4n) is 1.85. The SMILES string of the molecule is CCCCCC[C@@H](C)Oc1ccc(C(=O)Cl)cc1F. The molecule has 1 rings (SSSR count). The average Bonchev–Trinajstić information content (AvgIpc) is 2.37. The second-order valence-electron chi connectivity index (χ2n) is 4.70. The van der Waals surface area contributed by atoms with Crippen molar-refractivity contribution < 1.29 is 13.9 Å². The first-order valence-electron chi connectivity index (χ1n) is 6.70. The van der Waals surface area contributed by atoms with Crippen molar-refractivity contribution in [2.24, 2.45) is 0 Å². The van der Waals surface area contributed by atoms with Gasteiger partial charge in [-0.3, -0.25) is 4.79 Å². The molecule has 0 saturated heterocycles.